The van der Waals surface area contributed by atoms with Gasteiger partial charge in [0.25, 0.3) is 0 Å². The van der Waals surface area contributed by atoms with E-state index in [9.17, 15) is 8.42 Å². The van der Waals surface area contributed by atoms with Crippen LogP contribution in [-0.4, -0.2) is 46.1 Å². The molecule has 1 aromatic rings. The average molecular weight is 474 g/mol. The van der Waals surface area contributed by atoms with Crippen molar-refractivity contribution in [2.75, 3.05) is 25.7 Å². The Morgan fingerprint density at radius 1 is 1.48 bits per heavy atom. The molecule has 0 aliphatic carbocycles. The fourth-order valence-corrected chi connectivity index (χ4v) is 4.18. The highest BCUT2D eigenvalue weighted by atomic mass is 127. The standard InChI is InChI=1S/C14H20ClN3O3S.HI/c1-16-14(18-12-5-6-22(19,20)9-12)17-8-10-3-4-11(15)7-13(10)21-2;/h3-4,7,12H,5-6,8-9H2,1-2H3,(H2,16,17,18);1H. The highest BCUT2D eigenvalue weighted by Crippen LogP contribution is 2.22. The summed E-state index contributed by atoms with van der Waals surface area (Å²) in [6, 6.07) is 5.32. The van der Waals surface area contributed by atoms with Gasteiger partial charge in [-0.05, 0) is 18.6 Å². The molecule has 0 saturated carbocycles. The molecule has 1 atom stereocenters. The van der Waals surface area contributed by atoms with Crippen LogP contribution in [0.5, 0.6) is 5.75 Å². The second-order valence-electron chi connectivity index (χ2n) is 5.13. The van der Waals surface area contributed by atoms with Crippen molar-refractivity contribution in [2.45, 2.75) is 19.0 Å². The first-order valence-electron chi connectivity index (χ1n) is 6.93. The fraction of sp³-hybridized carbons (Fsp3) is 0.500. The Morgan fingerprint density at radius 2 is 2.22 bits per heavy atom. The first-order chi connectivity index (χ1) is 10.4. The third-order valence-electron chi connectivity index (χ3n) is 3.49. The number of nitrogens with one attached hydrogen (secondary N) is 2. The van der Waals surface area contributed by atoms with Crippen LogP contribution in [0.25, 0.3) is 0 Å². The van der Waals surface area contributed by atoms with Gasteiger partial charge in [-0.3, -0.25) is 4.99 Å². The Labute approximate surface area is 159 Å². The fourth-order valence-electron chi connectivity index (χ4n) is 2.34. The lowest BCUT2D eigenvalue weighted by atomic mass is 10.2. The smallest absolute Gasteiger partial charge is 0.191 e. The molecule has 2 N–H and O–H groups in total. The second-order valence-corrected chi connectivity index (χ2v) is 7.79. The molecule has 0 bridgehead atoms. The number of aliphatic imine (C=N–C) groups is 1. The van der Waals surface area contributed by atoms with E-state index in [1.165, 1.54) is 0 Å². The molecule has 9 heteroatoms. The summed E-state index contributed by atoms with van der Waals surface area (Å²) in [6.45, 7) is 0.499. The first-order valence-corrected chi connectivity index (χ1v) is 9.13. The molecule has 1 heterocycles. The Kier molecular flexibility index (Phi) is 7.88. The zero-order chi connectivity index (χ0) is 16.2. The lowest BCUT2D eigenvalue weighted by Crippen LogP contribution is -2.43. The lowest BCUT2D eigenvalue weighted by Gasteiger charge is -2.17. The predicted molar refractivity (Wildman–Crippen MR) is 104 cm³/mol. The van der Waals surface area contributed by atoms with Crippen molar-refractivity contribution in [3.05, 3.63) is 28.8 Å². The van der Waals surface area contributed by atoms with Crippen molar-refractivity contribution in [3.8, 4) is 5.75 Å². The highest BCUT2D eigenvalue weighted by molar-refractivity contribution is 14.0. The Hall–Kier alpha value is -0.740. The summed E-state index contributed by atoms with van der Waals surface area (Å²) in [4.78, 5) is 4.12. The van der Waals surface area contributed by atoms with E-state index >= 15 is 0 Å². The minimum atomic E-state index is -2.91. The molecule has 0 aromatic heterocycles. The summed E-state index contributed by atoms with van der Waals surface area (Å²) < 4.78 is 28.2. The highest BCUT2D eigenvalue weighted by Gasteiger charge is 2.28. The third-order valence-corrected chi connectivity index (χ3v) is 5.50. The van der Waals surface area contributed by atoms with Crippen molar-refractivity contribution < 1.29 is 13.2 Å². The van der Waals surface area contributed by atoms with E-state index in [-0.39, 0.29) is 41.5 Å². The molecule has 1 aliphatic heterocycles. The maximum absolute atomic E-state index is 11.5. The molecule has 23 heavy (non-hydrogen) atoms. The molecule has 1 fully saturated rings. The quantitative estimate of drug-likeness (QED) is 0.396. The Morgan fingerprint density at radius 3 is 2.78 bits per heavy atom. The minimum absolute atomic E-state index is 0. The van der Waals surface area contributed by atoms with Gasteiger partial charge in [0.2, 0.25) is 0 Å². The van der Waals surface area contributed by atoms with Gasteiger partial charge in [0.15, 0.2) is 15.8 Å². The van der Waals surface area contributed by atoms with Gasteiger partial charge in [0.05, 0.1) is 18.6 Å². The third kappa shape index (κ3) is 6.00. The van der Waals surface area contributed by atoms with Gasteiger partial charge in [0.1, 0.15) is 5.75 Å². The van der Waals surface area contributed by atoms with Crippen LogP contribution in [-0.2, 0) is 16.4 Å². The number of hydrogen-bond acceptors (Lipinski definition) is 4. The summed E-state index contributed by atoms with van der Waals surface area (Å²) in [5.74, 6) is 1.64. The van der Waals surface area contributed by atoms with Crippen LogP contribution >= 0.6 is 35.6 Å². The molecule has 0 radical (unpaired) electrons. The van der Waals surface area contributed by atoms with Gasteiger partial charge in [-0.25, -0.2) is 8.42 Å². The molecular formula is C14H21ClIN3O3S. The largest absolute Gasteiger partial charge is 0.496 e. The zero-order valence-electron chi connectivity index (χ0n) is 13.0. The van der Waals surface area contributed by atoms with Crippen LogP contribution in [0.2, 0.25) is 5.02 Å². The number of guanidine groups is 1. The molecule has 1 unspecified atom stereocenters. The number of nitrogens with zero attached hydrogens (tertiary/aromatic N) is 1. The van der Waals surface area contributed by atoms with Crippen LogP contribution < -0.4 is 15.4 Å². The van der Waals surface area contributed by atoms with E-state index < -0.39 is 9.84 Å². The number of ether oxygens (including phenoxy) is 1. The number of halogens is 2. The maximum Gasteiger partial charge on any atom is 0.191 e. The topological polar surface area (TPSA) is 79.8 Å². The molecule has 6 nitrogen and oxygen atoms in total. The van der Waals surface area contributed by atoms with Crippen LogP contribution in [0.4, 0.5) is 0 Å². The van der Waals surface area contributed by atoms with Gasteiger partial charge in [0, 0.05) is 30.2 Å². The van der Waals surface area contributed by atoms with Gasteiger partial charge in [-0.15, -0.1) is 24.0 Å². The maximum atomic E-state index is 11.5. The monoisotopic (exact) mass is 473 g/mol. The van der Waals surface area contributed by atoms with Gasteiger partial charge < -0.3 is 15.4 Å². The van der Waals surface area contributed by atoms with E-state index in [2.05, 4.69) is 15.6 Å². The molecule has 0 spiro atoms. The van der Waals surface area contributed by atoms with Gasteiger partial charge in [-0.2, -0.15) is 0 Å². The van der Waals surface area contributed by atoms with Crippen LogP contribution in [0, 0.1) is 0 Å². The molecule has 1 aliphatic rings. The number of benzene rings is 1. The van der Waals surface area contributed by atoms with Crippen molar-refractivity contribution in [2.24, 2.45) is 4.99 Å². The van der Waals surface area contributed by atoms with E-state index in [1.54, 1.807) is 26.3 Å². The number of sulfone groups is 1. The number of hydrogen-bond donors (Lipinski definition) is 2. The zero-order valence-corrected chi connectivity index (χ0v) is 16.9. The van der Waals surface area contributed by atoms with Gasteiger partial charge >= 0.3 is 0 Å². The normalized spacial score (nSPS) is 19.8. The van der Waals surface area contributed by atoms with Crippen molar-refractivity contribution in [3.63, 3.8) is 0 Å². The first kappa shape index (κ1) is 20.3. The molecule has 1 aromatic carbocycles. The summed E-state index contributed by atoms with van der Waals surface area (Å²) in [5, 5.41) is 6.90. The second kappa shape index (κ2) is 8.93. The number of methoxy groups -OCH3 is 1. The number of rotatable bonds is 4. The van der Waals surface area contributed by atoms with Crippen molar-refractivity contribution >= 4 is 51.4 Å². The van der Waals surface area contributed by atoms with Crippen LogP contribution in [0.1, 0.15) is 12.0 Å². The molecule has 130 valence electrons. The molecule has 0 amide bonds. The Bertz CT molecular complexity index is 667. The molecular weight excluding hydrogens is 453 g/mol. The van der Waals surface area contributed by atoms with E-state index in [0.29, 0.717) is 29.7 Å². The van der Waals surface area contributed by atoms with Crippen LogP contribution in [0.3, 0.4) is 0 Å². The molecule has 2 rings (SSSR count). The van der Waals surface area contributed by atoms with Crippen LogP contribution in [0.15, 0.2) is 23.2 Å². The summed E-state index contributed by atoms with van der Waals surface area (Å²) in [5.41, 5.74) is 0.939. The summed E-state index contributed by atoms with van der Waals surface area (Å²) in [6.07, 6.45) is 0.604. The Balaban J connectivity index is 0.00000264. The SMILES string of the molecule is CN=C(NCc1ccc(Cl)cc1OC)NC1CCS(=O)(=O)C1.I. The average Bonchev–Trinajstić information content (AvgIpc) is 2.83. The van der Waals surface area contributed by atoms with Gasteiger partial charge in [-0.1, -0.05) is 17.7 Å². The minimum Gasteiger partial charge on any atom is -0.496 e. The summed E-state index contributed by atoms with van der Waals surface area (Å²) >= 11 is 5.93. The predicted octanol–water partition coefficient (Wildman–Crippen LogP) is 1.82. The van der Waals surface area contributed by atoms with E-state index in [4.69, 9.17) is 16.3 Å². The molecule has 1 saturated heterocycles. The van der Waals surface area contributed by atoms with E-state index in [0.717, 1.165) is 5.56 Å². The van der Waals surface area contributed by atoms with E-state index in [1.807, 2.05) is 6.07 Å². The summed E-state index contributed by atoms with van der Waals surface area (Å²) in [7, 11) is 0.328. The lowest BCUT2D eigenvalue weighted by molar-refractivity contribution is 0.409. The van der Waals surface area contributed by atoms with Crippen molar-refractivity contribution in [1.82, 2.24) is 10.6 Å². The van der Waals surface area contributed by atoms with Crippen molar-refractivity contribution in [1.29, 1.82) is 0 Å².